The van der Waals surface area contributed by atoms with Gasteiger partial charge in [-0.1, -0.05) is 43.1 Å². The van der Waals surface area contributed by atoms with Crippen molar-refractivity contribution >= 4 is 39.6 Å². The lowest BCUT2D eigenvalue weighted by Crippen LogP contribution is -2.43. The minimum Gasteiger partial charge on any atom is -0.455 e. The fourth-order valence-corrected chi connectivity index (χ4v) is 5.20. The standard InChI is InChI=1S/C30H28ClF3N4O4/c1-16(2)25(37(13-12-35)28(39)18-6-4-17(3)5-7-18)27-36-24-21-14-19(31)8-10-22(21)42-26(24)29(40)38(27)15-20-9-11-23(41-20)30(32,33)34/h4-11,14,16,25H,12-13,15,35H2,1-3H3. The molecule has 5 aromatic rings. The first kappa shape index (κ1) is 29.4. The van der Waals surface area contributed by atoms with E-state index in [2.05, 4.69) is 0 Å². The molecule has 1 atom stereocenters. The van der Waals surface area contributed by atoms with Crippen LogP contribution in [-0.2, 0) is 12.7 Å². The van der Waals surface area contributed by atoms with Crippen LogP contribution in [0.2, 0.25) is 5.02 Å². The molecule has 0 fully saturated rings. The Morgan fingerprint density at radius 1 is 1.10 bits per heavy atom. The predicted octanol–water partition coefficient (Wildman–Crippen LogP) is 6.56. The summed E-state index contributed by atoms with van der Waals surface area (Å²) in [5.74, 6) is -1.81. The average Bonchev–Trinajstić information content (AvgIpc) is 3.55. The van der Waals surface area contributed by atoms with E-state index in [0.29, 0.717) is 21.6 Å². The number of halogens is 4. The van der Waals surface area contributed by atoms with E-state index in [4.69, 9.17) is 31.2 Å². The molecule has 8 nitrogen and oxygen atoms in total. The number of carbonyl (C=O) groups excluding carboxylic acids is 1. The number of hydrogen-bond acceptors (Lipinski definition) is 6. The monoisotopic (exact) mass is 600 g/mol. The van der Waals surface area contributed by atoms with E-state index in [0.717, 1.165) is 17.7 Å². The zero-order valence-corrected chi connectivity index (χ0v) is 23.8. The second-order valence-electron chi connectivity index (χ2n) is 10.4. The second-order valence-corrected chi connectivity index (χ2v) is 10.8. The van der Waals surface area contributed by atoms with Crippen molar-refractivity contribution in [1.82, 2.24) is 14.5 Å². The van der Waals surface area contributed by atoms with Crippen LogP contribution in [0.4, 0.5) is 13.2 Å². The van der Waals surface area contributed by atoms with Gasteiger partial charge in [0, 0.05) is 29.1 Å². The van der Waals surface area contributed by atoms with Gasteiger partial charge >= 0.3 is 6.18 Å². The third kappa shape index (κ3) is 5.54. The van der Waals surface area contributed by atoms with Gasteiger partial charge in [0.25, 0.3) is 11.5 Å². The fourth-order valence-electron chi connectivity index (χ4n) is 5.03. The summed E-state index contributed by atoms with van der Waals surface area (Å²) in [5, 5.41) is 0.880. The molecular formula is C30H28ClF3N4O4. The van der Waals surface area contributed by atoms with Crippen molar-refractivity contribution in [2.75, 3.05) is 13.1 Å². The van der Waals surface area contributed by atoms with Crippen molar-refractivity contribution in [3.05, 3.63) is 98.4 Å². The van der Waals surface area contributed by atoms with E-state index in [-0.39, 0.29) is 54.1 Å². The van der Waals surface area contributed by atoms with E-state index < -0.39 is 23.5 Å². The van der Waals surface area contributed by atoms with Crippen LogP contribution in [0.15, 0.2) is 68.2 Å². The Bertz CT molecular complexity index is 1820. The van der Waals surface area contributed by atoms with Crippen LogP contribution in [0.25, 0.3) is 22.1 Å². The van der Waals surface area contributed by atoms with Crippen LogP contribution >= 0.6 is 11.6 Å². The number of aromatic nitrogens is 2. The number of rotatable bonds is 8. The van der Waals surface area contributed by atoms with E-state index in [1.165, 1.54) is 9.47 Å². The Morgan fingerprint density at radius 2 is 1.81 bits per heavy atom. The van der Waals surface area contributed by atoms with Gasteiger partial charge in [0.1, 0.15) is 22.7 Å². The average molecular weight is 601 g/mol. The molecule has 0 spiro atoms. The molecule has 2 aromatic carbocycles. The van der Waals surface area contributed by atoms with Gasteiger partial charge in [-0.05, 0) is 55.3 Å². The molecular weight excluding hydrogens is 573 g/mol. The number of carbonyl (C=O) groups is 1. The largest absolute Gasteiger partial charge is 0.455 e. The number of hydrogen-bond donors (Lipinski definition) is 1. The zero-order valence-electron chi connectivity index (χ0n) is 23.0. The highest BCUT2D eigenvalue weighted by Gasteiger charge is 2.36. The van der Waals surface area contributed by atoms with Crippen molar-refractivity contribution in [2.45, 2.75) is 39.5 Å². The van der Waals surface area contributed by atoms with Gasteiger partial charge in [-0.2, -0.15) is 13.2 Å². The first-order chi connectivity index (χ1) is 19.9. The number of aryl methyl sites for hydroxylation is 1. The summed E-state index contributed by atoms with van der Waals surface area (Å²) in [6, 6.07) is 13.0. The first-order valence-electron chi connectivity index (χ1n) is 13.2. The van der Waals surface area contributed by atoms with E-state index in [1.54, 1.807) is 30.3 Å². The summed E-state index contributed by atoms with van der Waals surface area (Å²) in [4.78, 5) is 34.3. The maximum Gasteiger partial charge on any atom is 0.449 e. The smallest absolute Gasteiger partial charge is 0.449 e. The molecule has 0 bridgehead atoms. The molecule has 1 unspecified atom stereocenters. The Kier molecular flexibility index (Phi) is 7.91. The summed E-state index contributed by atoms with van der Waals surface area (Å²) >= 11 is 6.23. The number of nitrogens with two attached hydrogens (primary N) is 1. The molecule has 0 aliphatic heterocycles. The van der Waals surface area contributed by atoms with Crippen LogP contribution in [0, 0.1) is 12.8 Å². The van der Waals surface area contributed by atoms with E-state index in [1.807, 2.05) is 32.9 Å². The van der Waals surface area contributed by atoms with Gasteiger partial charge in [0.15, 0.2) is 0 Å². The predicted molar refractivity (Wildman–Crippen MR) is 152 cm³/mol. The van der Waals surface area contributed by atoms with Crippen molar-refractivity contribution in [3.8, 4) is 0 Å². The van der Waals surface area contributed by atoms with Crippen LogP contribution in [0.3, 0.4) is 0 Å². The minimum atomic E-state index is -4.70. The lowest BCUT2D eigenvalue weighted by molar-refractivity contribution is -0.153. The van der Waals surface area contributed by atoms with Gasteiger partial charge < -0.3 is 19.5 Å². The third-order valence-corrected chi connectivity index (χ3v) is 7.22. The topological polar surface area (TPSA) is 108 Å². The maximum atomic E-state index is 14.0. The first-order valence-corrected chi connectivity index (χ1v) is 13.6. The van der Waals surface area contributed by atoms with Gasteiger partial charge in [0.05, 0.1) is 12.6 Å². The molecule has 3 heterocycles. The normalized spacial score (nSPS) is 12.9. The van der Waals surface area contributed by atoms with Gasteiger partial charge in [0.2, 0.25) is 11.3 Å². The Balaban J connectivity index is 1.75. The van der Waals surface area contributed by atoms with Crippen molar-refractivity contribution < 1.29 is 26.8 Å². The van der Waals surface area contributed by atoms with E-state index in [9.17, 15) is 22.8 Å². The molecule has 12 heteroatoms. The SMILES string of the molecule is Cc1ccc(C(=O)N(CCN)C(c2nc3c(oc4ccc(Cl)cc43)c(=O)n2Cc2ccc(C(F)(F)F)o2)C(C)C)cc1. The second kappa shape index (κ2) is 11.3. The molecule has 42 heavy (non-hydrogen) atoms. The number of fused-ring (bicyclic) bond motifs is 3. The molecule has 0 saturated heterocycles. The molecule has 1 amide bonds. The lowest BCUT2D eigenvalue weighted by Gasteiger charge is -2.35. The summed E-state index contributed by atoms with van der Waals surface area (Å²) in [7, 11) is 0. The van der Waals surface area contributed by atoms with Gasteiger partial charge in [-0.3, -0.25) is 14.2 Å². The lowest BCUT2D eigenvalue weighted by atomic mass is 9.99. The summed E-state index contributed by atoms with van der Waals surface area (Å²) in [5.41, 5.74) is 7.17. The number of furan rings is 2. The Labute approximate surface area is 243 Å². The maximum absolute atomic E-state index is 14.0. The van der Waals surface area contributed by atoms with E-state index >= 15 is 0 Å². The van der Waals surface area contributed by atoms with Gasteiger partial charge in [-0.15, -0.1) is 0 Å². The van der Waals surface area contributed by atoms with Crippen LogP contribution in [0.5, 0.6) is 0 Å². The Hall–Kier alpha value is -4.09. The summed E-state index contributed by atoms with van der Waals surface area (Å²) in [6.45, 7) is 5.47. The van der Waals surface area contributed by atoms with Crippen LogP contribution < -0.4 is 11.3 Å². The van der Waals surface area contributed by atoms with Gasteiger partial charge in [-0.25, -0.2) is 4.98 Å². The quantitative estimate of drug-likeness (QED) is 0.216. The molecule has 3 aromatic heterocycles. The third-order valence-electron chi connectivity index (χ3n) is 6.98. The van der Waals surface area contributed by atoms with Crippen LogP contribution in [0.1, 0.15) is 53.2 Å². The molecule has 0 radical (unpaired) electrons. The molecule has 5 rings (SSSR count). The van der Waals surface area contributed by atoms with Crippen molar-refractivity contribution in [1.29, 1.82) is 0 Å². The highest BCUT2D eigenvalue weighted by Crippen LogP contribution is 2.34. The highest BCUT2D eigenvalue weighted by atomic mass is 35.5. The van der Waals surface area contributed by atoms with Crippen molar-refractivity contribution in [2.24, 2.45) is 11.7 Å². The Morgan fingerprint density at radius 3 is 2.43 bits per heavy atom. The minimum absolute atomic E-state index is 0.101. The number of benzene rings is 2. The molecule has 0 saturated carbocycles. The number of nitrogens with zero attached hydrogens (tertiary/aromatic N) is 3. The fraction of sp³-hybridized carbons (Fsp3) is 0.300. The molecule has 0 aliphatic carbocycles. The summed E-state index contributed by atoms with van der Waals surface area (Å²) in [6.07, 6.45) is -4.70. The summed E-state index contributed by atoms with van der Waals surface area (Å²) < 4.78 is 52.0. The number of alkyl halides is 3. The molecule has 2 N–H and O–H groups in total. The molecule has 0 aliphatic rings. The zero-order chi connectivity index (χ0) is 30.3. The number of amides is 1. The molecule has 220 valence electrons. The highest BCUT2D eigenvalue weighted by molar-refractivity contribution is 6.31. The van der Waals surface area contributed by atoms with Crippen molar-refractivity contribution in [3.63, 3.8) is 0 Å². The van der Waals surface area contributed by atoms with Crippen LogP contribution in [-0.4, -0.2) is 33.4 Å².